The third-order valence-electron chi connectivity index (χ3n) is 9.38. The van der Waals surface area contributed by atoms with Gasteiger partial charge in [-0.05, 0) is 92.7 Å². The number of allylic oxidation sites excluding steroid dienone is 3. The summed E-state index contributed by atoms with van der Waals surface area (Å²) in [6, 6.07) is 17.2. The number of rotatable bonds is 12. The van der Waals surface area contributed by atoms with Crippen molar-refractivity contribution in [2.24, 2.45) is 17.8 Å². The van der Waals surface area contributed by atoms with E-state index < -0.39 is 9.84 Å². The lowest BCUT2D eigenvalue weighted by molar-refractivity contribution is -0.125. The van der Waals surface area contributed by atoms with E-state index in [0.29, 0.717) is 53.2 Å². The Morgan fingerprint density at radius 2 is 1.78 bits per heavy atom. The second-order valence-electron chi connectivity index (χ2n) is 12.7. The molecule has 2 atom stereocenters. The highest BCUT2D eigenvalue weighted by Gasteiger charge is 2.30. The van der Waals surface area contributed by atoms with Gasteiger partial charge in [-0.15, -0.1) is 0 Å². The van der Waals surface area contributed by atoms with Crippen molar-refractivity contribution in [3.8, 4) is 0 Å². The van der Waals surface area contributed by atoms with Crippen LogP contribution in [0.4, 0.5) is 0 Å². The van der Waals surface area contributed by atoms with Gasteiger partial charge < -0.3 is 10.2 Å². The van der Waals surface area contributed by atoms with Crippen molar-refractivity contribution >= 4 is 33.1 Å². The van der Waals surface area contributed by atoms with E-state index in [0.717, 1.165) is 56.5 Å². The van der Waals surface area contributed by atoms with Crippen LogP contribution in [0, 0.1) is 17.8 Å². The first kappa shape index (κ1) is 34.7. The molecule has 1 N–H and O–H groups in total. The number of carbonyl (C=O) groups is 2. The Labute approximate surface area is 274 Å². The molecule has 8 heteroatoms. The topological polar surface area (TPSA) is 83.6 Å². The number of nitrogens with one attached hydrogen (secondary N) is 1. The summed E-state index contributed by atoms with van der Waals surface area (Å²) in [4.78, 5) is 29.2. The molecule has 242 valence electrons. The van der Waals surface area contributed by atoms with Crippen LogP contribution < -0.4 is 5.32 Å². The smallest absolute Gasteiger partial charge is 0.255 e. The number of sulfone groups is 1. The molecule has 1 saturated heterocycles. The van der Waals surface area contributed by atoms with Crippen molar-refractivity contribution < 1.29 is 18.0 Å². The molecule has 6 nitrogen and oxygen atoms in total. The molecule has 0 saturated carbocycles. The molecule has 1 heterocycles. The van der Waals surface area contributed by atoms with Crippen molar-refractivity contribution in [1.29, 1.82) is 0 Å². The Balaban J connectivity index is 1.45. The van der Waals surface area contributed by atoms with E-state index in [2.05, 4.69) is 48.3 Å². The van der Waals surface area contributed by atoms with Crippen LogP contribution in [-0.2, 0) is 21.1 Å². The number of ketones is 1. The largest absolute Gasteiger partial charge is 0.370 e. The lowest BCUT2D eigenvalue weighted by Crippen LogP contribution is -2.38. The normalized spacial score (nSPS) is 17.9. The van der Waals surface area contributed by atoms with Crippen LogP contribution in [0.3, 0.4) is 0 Å². The van der Waals surface area contributed by atoms with Gasteiger partial charge in [-0.1, -0.05) is 74.3 Å². The number of benzene rings is 2. The van der Waals surface area contributed by atoms with Crippen LogP contribution in [0.1, 0.15) is 81.6 Å². The Hall–Kier alpha value is -3.16. The van der Waals surface area contributed by atoms with Gasteiger partial charge >= 0.3 is 0 Å². The number of aryl methyl sites for hydroxylation is 1. The zero-order valence-corrected chi connectivity index (χ0v) is 28.6. The fourth-order valence-corrected chi connectivity index (χ4v) is 7.51. The highest BCUT2D eigenvalue weighted by molar-refractivity contribution is 7.94. The summed E-state index contributed by atoms with van der Waals surface area (Å²) in [5.41, 5.74) is 4.14. The molecular formula is C37H47ClN2O4S. The van der Waals surface area contributed by atoms with Gasteiger partial charge in [-0.3, -0.25) is 9.59 Å². The summed E-state index contributed by atoms with van der Waals surface area (Å²) in [5, 5.41) is 3.47. The lowest BCUT2D eigenvalue weighted by Gasteiger charge is -2.38. The van der Waals surface area contributed by atoms with E-state index >= 15 is 0 Å². The van der Waals surface area contributed by atoms with Gasteiger partial charge in [-0.25, -0.2) is 8.42 Å². The first-order chi connectivity index (χ1) is 21.5. The van der Waals surface area contributed by atoms with Crippen LogP contribution in [0.5, 0.6) is 0 Å². The number of hydrogen-bond donors (Lipinski definition) is 1. The zero-order chi connectivity index (χ0) is 32.6. The monoisotopic (exact) mass is 650 g/mol. The number of nitrogens with zero attached hydrogens (tertiary/aromatic N) is 1. The molecule has 2 unspecified atom stereocenters. The van der Waals surface area contributed by atoms with Gasteiger partial charge in [-0.2, -0.15) is 0 Å². The van der Waals surface area contributed by atoms with Gasteiger partial charge in [0.1, 0.15) is 5.78 Å². The maximum atomic E-state index is 13.5. The number of amides is 1. The standard InChI is InChI=1S/C37H47ClN2O4S/c1-5-30(18-17-28-12-7-6-8-13-28)27(3)35(41)23-29-19-21-40(22-20-29)36-26(2)11-9-16-33(45(4,43)44)25-34(36)39-37(42)31-14-10-15-32(38)24-31/h6-8,10,12-16,24-25,27,29-30H,5,9,11,17-23H2,1-4H3,(H,39,42). The van der Waals surface area contributed by atoms with Crippen molar-refractivity contribution in [3.05, 3.63) is 105 Å². The van der Waals surface area contributed by atoms with Crippen molar-refractivity contribution in [1.82, 2.24) is 10.2 Å². The predicted molar refractivity (Wildman–Crippen MR) is 183 cm³/mol. The Morgan fingerprint density at radius 3 is 2.42 bits per heavy atom. The molecule has 1 amide bonds. The number of hydrogen-bond acceptors (Lipinski definition) is 5. The fourth-order valence-electron chi connectivity index (χ4n) is 6.57. The SMILES string of the molecule is CCC(CCc1ccccc1)C(C)C(=O)CC1CCN(C2=C(C)CCC=C(S(C)(=O)=O)C=C2NC(=O)c2cccc(Cl)c2)CC1. The first-order valence-electron chi connectivity index (χ1n) is 16.2. The van der Waals surface area contributed by atoms with Crippen LogP contribution in [0.2, 0.25) is 5.02 Å². The molecule has 1 fully saturated rings. The second kappa shape index (κ2) is 15.9. The number of piperidine rings is 1. The van der Waals surface area contributed by atoms with E-state index in [-0.39, 0.29) is 16.7 Å². The molecule has 0 aromatic heterocycles. The molecule has 2 aromatic rings. The zero-order valence-electron chi connectivity index (χ0n) is 27.0. The molecule has 1 aliphatic carbocycles. The number of Topliss-reactive ketones (excluding diaryl/α,β-unsaturated/α-hetero) is 1. The minimum absolute atomic E-state index is 0.0322. The maximum Gasteiger partial charge on any atom is 0.255 e. The number of carbonyl (C=O) groups excluding carboxylic acids is 2. The minimum Gasteiger partial charge on any atom is -0.370 e. The van der Waals surface area contributed by atoms with Crippen LogP contribution in [-0.4, -0.2) is 44.4 Å². The van der Waals surface area contributed by atoms with E-state index in [9.17, 15) is 18.0 Å². The highest BCUT2D eigenvalue weighted by atomic mass is 35.5. The Kier molecular flexibility index (Phi) is 12.3. The summed E-state index contributed by atoms with van der Waals surface area (Å²) in [6.07, 6.45) is 11.1. The lowest BCUT2D eigenvalue weighted by atomic mass is 9.80. The van der Waals surface area contributed by atoms with Gasteiger partial charge in [0.25, 0.3) is 5.91 Å². The molecular weight excluding hydrogens is 604 g/mol. The van der Waals surface area contributed by atoms with Gasteiger partial charge in [0.2, 0.25) is 0 Å². The minimum atomic E-state index is -3.50. The number of halogens is 1. The van der Waals surface area contributed by atoms with E-state index in [4.69, 9.17) is 11.6 Å². The molecule has 0 bridgehead atoms. The highest BCUT2D eigenvalue weighted by Crippen LogP contribution is 2.33. The number of likely N-dealkylation sites (tertiary alicyclic amines) is 1. The molecule has 0 spiro atoms. The first-order valence-corrected chi connectivity index (χ1v) is 18.4. The average molecular weight is 651 g/mol. The summed E-state index contributed by atoms with van der Waals surface area (Å²) in [5.74, 6) is 0.706. The van der Waals surface area contributed by atoms with Crippen molar-refractivity contribution in [2.45, 2.75) is 72.1 Å². The van der Waals surface area contributed by atoms with Crippen molar-refractivity contribution in [3.63, 3.8) is 0 Å². The second-order valence-corrected chi connectivity index (χ2v) is 15.1. The van der Waals surface area contributed by atoms with Crippen LogP contribution >= 0.6 is 11.6 Å². The van der Waals surface area contributed by atoms with Gasteiger partial charge in [0.05, 0.1) is 16.3 Å². The summed E-state index contributed by atoms with van der Waals surface area (Å²) in [7, 11) is -3.50. The summed E-state index contributed by atoms with van der Waals surface area (Å²) >= 11 is 6.15. The predicted octanol–water partition coefficient (Wildman–Crippen LogP) is 7.92. The molecule has 0 radical (unpaired) electrons. The van der Waals surface area contributed by atoms with E-state index in [1.807, 2.05) is 13.0 Å². The molecule has 4 rings (SSSR count). The third-order valence-corrected chi connectivity index (χ3v) is 10.8. The quantitative estimate of drug-likeness (QED) is 0.252. The van der Waals surface area contributed by atoms with Crippen LogP contribution in [0.25, 0.3) is 0 Å². The van der Waals surface area contributed by atoms with Crippen LogP contribution in [0.15, 0.2) is 88.6 Å². The summed E-state index contributed by atoms with van der Waals surface area (Å²) < 4.78 is 25.3. The molecule has 45 heavy (non-hydrogen) atoms. The summed E-state index contributed by atoms with van der Waals surface area (Å²) in [6.45, 7) is 7.79. The van der Waals surface area contributed by atoms with Gasteiger partial charge in [0, 0.05) is 42.3 Å². The van der Waals surface area contributed by atoms with E-state index in [1.165, 1.54) is 11.8 Å². The van der Waals surface area contributed by atoms with Crippen molar-refractivity contribution in [2.75, 3.05) is 19.3 Å². The van der Waals surface area contributed by atoms with Gasteiger partial charge in [0.15, 0.2) is 9.84 Å². The Morgan fingerprint density at radius 1 is 1.07 bits per heavy atom. The third kappa shape index (κ3) is 9.67. The molecule has 2 aliphatic rings. The molecule has 1 aliphatic heterocycles. The molecule has 2 aromatic carbocycles. The fraction of sp³-hybridized carbons (Fsp3) is 0.459. The maximum absolute atomic E-state index is 13.5. The average Bonchev–Trinajstić information content (AvgIpc) is 3.00. The van der Waals surface area contributed by atoms with E-state index in [1.54, 1.807) is 36.4 Å². The Bertz CT molecular complexity index is 1550.